The Balaban J connectivity index is 1.76. The summed E-state index contributed by atoms with van der Waals surface area (Å²) in [6, 6.07) is 11.1. The normalized spacial score (nSPS) is 19.9. The summed E-state index contributed by atoms with van der Waals surface area (Å²) in [5.41, 5.74) is 0.875. The summed E-state index contributed by atoms with van der Waals surface area (Å²) in [5, 5.41) is 2.78. The fourth-order valence-corrected chi connectivity index (χ4v) is 5.49. The van der Waals surface area contributed by atoms with Crippen LogP contribution in [0.5, 0.6) is 11.5 Å². The molecule has 0 aliphatic carbocycles. The molecule has 162 valence electrons. The maximum absolute atomic E-state index is 13.0. The molecule has 30 heavy (non-hydrogen) atoms. The smallest absolute Gasteiger partial charge is 0.255 e. The first-order valence-electron chi connectivity index (χ1n) is 9.87. The van der Waals surface area contributed by atoms with Crippen LogP contribution < -0.4 is 14.8 Å². The van der Waals surface area contributed by atoms with Gasteiger partial charge in [-0.1, -0.05) is 13.8 Å². The minimum absolute atomic E-state index is 0.198. The largest absolute Gasteiger partial charge is 0.497 e. The number of nitrogens with one attached hydrogen (secondary N) is 1. The highest BCUT2D eigenvalue weighted by Crippen LogP contribution is 2.28. The molecule has 0 radical (unpaired) electrons. The van der Waals surface area contributed by atoms with Gasteiger partial charge in [0.1, 0.15) is 11.5 Å². The second-order valence-electron chi connectivity index (χ2n) is 7.85. The van der Waals surface area contributed by atoms with E-state index in [4.69, 9.17) is 9.47 Å². The first-order chi connectivity index (χ1) is 14.2. The maximum Gasteiger partial charge on any atom is 0.255 e. The fraction of sp³-hybridized carbons (Fsp3) is 0.409. The molecule has 1 fully saturated rings. The number of hydrogen-bond acceptors (Lipinski definition) is 5. The molecule has 1 N–H and O–H groups in total. The molecule has 2 aromatic rings. The number of carbonyl (C=O) groups excluding carboxylic acids is 1. The van der Waals surface area contributed by atoms with Crippen molar-refractivity contribution in [1.82, 2.24) is 4.31 Å². The van der Waals surface area contributed by atoms with Gasteiger partial charge >= 0.3 is 0 Å². The second kappa shape index (κ2) is 9.06. The van der Waals surface area contributed by atoms with E-state index in [1.165, 1.54) is 38.5 Å². The third-order valence-electron chi connectivity index (χ3n) is 5.20. The number of anilines is 1. The number of nitrogens with zero attached hydrogens (tertiary/aromatic N) is 1. The van der Waals surface area contributed by atoms with Gasteiger partial charge in [-0.15, -0.1) is 0 Å². The summed E-state index contributed by atoms with van der Waals surface area (Å²) >= 11 is 0. The minimum atomic E-state index is -3.58. The Kier molecular flexibility index (Phi) is 6.67. The summed E-state index contributed by atoms with van der Waals surface area (Å²) in [4.78, 5) is 12.8. The number of ether oxygens (including phenoxy) is 2. The Hall–Kier alpha value is -2.58. The molecular formula is C22H28N2O5S. The molecule has 7 nitrogen and oxygen atoms in total. The molecule has 0 aromatic heterocycles. The summed E-state index contributed by atoms with van der Waals surface area (Å²) < 4.78 is 37.9. The van der Waals surface area contributed by atoms with Gasteiger partial charge in [0.05, 0.1) is 19.1 Å². The number of rotatable bonds is 6. The van der Waals surface area contributed by atoms with Crippen LogP contribution in [-0.4, -0.2) is 45.9 Å². The van der Waals surface area contributed by atoms with Crippen molar-refractivity contribution >= 4 is 21.6 Å². The lowest BCUT2D eigenvalue weighted by Crippen LogP contribution is -2.42. The Morgan fingerprint density at radius 1 is 0.967 bits per heavy atom. The molecule has 3 rings (SSSR count). The predicted octanol–water partition coefficient (Wildman–Crippen LogP) is 3.62. The molecule has 1 saturated heterocycles. The summed E-state index contributed by atoms with van der Waals surface area (Å²) in [6.45, 7) is 5.18. The van der Waals surface area contributed by atoms with Crippen molar-refractivity contribution in [3.05, 3.63) is 48.0 Å². The number of carbonyl (C=O) groups is 1. The van der Waals surface area contributed by atoms with Gasteiger partial charge in [-0.2, -0.15) is 4.31 Å². The average molecular weight is 433 g/mol. The third-order valence-corrected chi connectivity index (χ3v) is 7.04. The van der Waals surface area contributed by atoms with Crippen molar-refractivity contribution in [3.63, 3.8) is 0 Å². The highest BCUT2D eigenvalue weighted by molar-refractivity contribution is 7.89. The number of benzene rings is 2. The van der Waals surface area contributed by atoms with Crippen molar-refractivity contribution in [1.29, 1.82) is 0 Å². The Morgan fingerprint density at radius 2 is 1.50 bits per heavy atom. The SMILES string of the molecule is COc1cc(NC(=O)c2ccc(S(=O)(=O)N3C[C@@H](C)C[C@H](C)C3)cc2)cc(OC)c1. The maximum atomic E-state index is 13.0. The lowest BCUT2D eigenvalue weighted by molar-refractivity contribution is 0.102. The molecule has 1 heterocycles. The zero-order valence-electron chi connectivity index (χ0n) is 17.7. The molecule has 1 amide bonds. The van der Waals surface area contributed by atoms with Crippen molar-refractivity contribution in [2.24, 2.45) is 11.8 Å². The van der Waals surface area contributed by atoms with Crippen molar-refractivity contribution in [2.75, 3.05) is 32.6 Å². The topological polar surface area (TPSA) is 84.9 Å². The lowest BCUT2D eigenvalue weighted by atomic mass is 9.94. The number of piperidine rings is 1. The number of methoxy groups -OCH3 is 2. The van der Waals surface area contributed by atoms with E-state index in [-0.39, 0.29) is 10.8 Å². The van der Waals surface area contributed by atoms with E-state index in [1.807, 2.05) is 0 Å². The molecule has 1 aliphatic rings. The predicted molar refractivity (Wildman–Crippen MR) is 116 cm³/mol. The van der Waals surface area contributed by atoms with Gasteiger partial charge in [-0.05, 0) is 42.5 Å². The minimum Gasteiger partial charge on any atom is -0.497 e. The zero-order valence-corrected chi connectivity index (χ0v) is 18.5. The van der Waals surface area contributed by atoms with Gasteiger partial charge in [0, 0.05) is 42.5 Å². The van der Waals surface area contributed by atoms with Gasteiger partial charge in [-0.25, -0.2) is 8.42 Å². The zero-order chi connectivity index (χ0) is 21.9. The van der Waals surface area contributed by atoms with Crippen LogP contribution in [0.3, 0.4) is 0 Å². The molecule has 2 aromatic carbocycles. The van der Waals surface area contributed by atoms with Crippen LogP contribution in [0.15, 0.2) is 47.4 Å². The van der Waals surface area contributed by atoms with Gasteiger partial charge in [0.2, 0.25) is 10.0 Å². The standard InChI is InChI=1S/C22H28N2O5S/c1-15-9-16(2)14-24(13-15)30(26,27)21-7-5-17(6-8-21)22(25)23-18-10-19(28-3)12-20(11-18)29-4/h5-8,10-12,15-16H,9,13-14H2,1-4H3,(H,23,25)/t15-,16-/m0/s1. The number of hydrogen-bond donors (Lipinski definition) is 1. The van der Waals surface area contributed by atoms with Crippen molar-refractivity contribution in [2.45, 2.75) is 25.2 Å². The quantitative estimate of drug-likeness (QED) is 0.754. The summed E-state index contributed by atoms with van der Waals surface area (Å²) in [7, 11) is -0.516. The summed E-state index contributed by atoms with van der Waals surface area (Å²) in [6.07, 6.45) is 1.03. The molecule has 0 bridgehead atoms. The fourth-order valence-electron chi connectivity index (χ4n) is 3.81. The highest BCUT2D eigenvalue weighted by atomic mass is 32.2. The third kappa shape index (κ3) is 4.94. The Morgan fingerprint density at radius 3 is 2.00 bits per heavy atom. The van der Waals surface area contributed by atoms with Crippen LogP contribution in [0.2, 0.25) is 0 Å². The molecule has 1 aliphatic heterocycles. The van der Waals surface area contributed by atoms with E-state index in [2.05, 4.69) is 19.2 Å². The van der Waals surface area contributed by atoms with E-state index in [1.54, 1.807) is 22.5 Å². The Bertz CT molecular complexity index is 972. The number of sulfonamides is 1. The van der Waals surface area contributed by atoms with E-state index in [0.29, 0.717) is 47.7 Å². The molecule has 2 atom stereocenters. The van der Waals surface area contributed by atoms with E-state index < -0.39 is 10.0 Å². The van der Waals surface area contributed by atoms with Gasteiger partial charge in [0.15, 0.2) is 0 Å². The molecule has 0 unspecified atom stereocenters. The lowest BCUT2D eigenvalue weighted by Gasteiger charge is -2.34. The molecule has 0 saturated carbocycles. The van der Waals surface area contributed by atoms with E-state index in [0.717, 1.165) is 6.42 Å². The van der Waals surface area contributed by atoms with Crippen LogP contribution >= 0.6 is 0 Å². The average Bonchev–Trinajstić information content (AvgIpc) is 2.72. The van der Waals surface area contributed by atoms with Gasteiger partial charge in [0.25, 0.3) is 5.91 Å². The molecule has 0 spiro atoms. The van der Waals surface area contributed by atoms with Crippen molar-refractivity contribution < 1.29 is 22.7 Å². The van der Waals surface area contributed by atoms with Crippen LogP contribution in [0.25, 0.3) is 0 Å². The van der Waals surface area contributed by atoms with Gasteiger partial charge in [-0.3, -0.25) is 4.79 Å². The first-order valence-corrected chi connectivity index (χ1v) is 11.3. The van der Waals surface area contributed by atoms with Crippen molar-refractivity contribution in [3.8, 4) is 11.5 Å². The van der Waals surface area contributed by atoms with Crippen LogP contribution in [-0.2, 0) is 10.0 Å². The monoisotopic (exact) mass is 432 g/mol. The van der Waals surface area contributed by atoms with Crippen LogP contribution in [0, 0.1) is 11.8 Å². The van der Waals surface area contributed by atoms with E-state index in [9.17, 15) is 13.2 Å². The highest BCUT2D eigenvalue weighted by Gasteiger charge is 2.31. The second-order valence-corrected chi connectivity index (χ2v) is 9.79. The summed E-state index contributed by atoms with van der Waals surface area (Å²) in [5.74, 6) is 1.41. The first kappa shape index (κ1) is 22.1. The van der Waals surface area contributed by atoms with Gasteiger partial charge < -0.3 is 14.8 Å². The Labute approximate surface area is 178 Å². The molecular weight excluding hydrogens is 404 g/mol. The van der Waals surface area contributed by atoms with Crippen LogP contribution in [0.1, 0.15) is 30.6 Å². The number of amides is 1. The molecule has 8 heteroatoms. The van der Waals surface area contributed by atoms with E-state index >= 15 is 0 Å². The van der Waals surface area contributed by atoms with Crippen LogP contribution in [0.4, 0.5) is 5.69 Å².